The Kier molecular flexibility index (Phi) is 8.16. The number of imide groups is 1. The fraction of sp³-hybridized carbons (Fsp3) is 0.231. The van der Waals surface area contributed by atoms with Gasteiger partial charge in [0, 0.05) is 17.2 Å². The molecule has 1 atom stereocenters. The molecule has 0 radical (unpaired) electrons. The van der Waals surface area contributed by atoms with Gasteiger partial charge in [-0.1, -0.05) is 18.2 Å². The lowest BCUT2D eigenvalue weighted by Crippen LogP contribution is -2.45. The summed E-state index contributed by atoms with van der Waals surface area (Å²) in [4.78, 5) is 54.5. The monoisotopic (exact) mass is 582 g/mol. The van der Waals surface area contributed by atoms with Gasteiger partial charge in [0.05, 0.1) is 43.2 Å². The molecule has 0 aliphatic carbocycles. The summed E-state index contributed by atoms with van der Waals surface area (Å²) in [6, 6.07) is 10.6. The van der Waals surface area contributed by atoms with Crippen LogP contribution in [-0.4, -0.2) is 75.8 Å². The molecule has 42 heavy (non-hydrogen) atoms. The van der Waals surface area contributed by atoms with Crippen molar-refractivity contribution < 1.29 is 42.2 Å². The molecule has 5 rings (SSSR count). The Morgan fingerprint density at radius 1 is 1.05 bits per heavy atom. The van der Waals surface area contributed by atoms with Crippen LogP contribution in [0.5, 0.6) is 0 Å². The van der Waals surface area contributed by atoms with Crippen LogP contribution in [0.3, 0.4) is 0 Å². The molecule has 0 N–H and O–H groups in total. The van der Waals surface area contributed by atoms with Crippen molar-refractivity contribution in [1.29, 1.82) is 0 Å². The van der Waals surface area contributed by atoms with Crippen molar-refractivity contribution in [3.05, 3.63) is 81.8 Å². The summed E-state index contributed by atoms with van der Waals surface area (Å²) in [6.07, 6.45) is -1.06. The maximum Gasteiger partial charge on any atom is 0.300 e. The summed E-state index contributed by atoms with van der Waals surface area (Å²) < 4.78 is 43.5. The number of anilines is 2. The van der Waals surface area contributed by atoms with Crippen LogP contribution >= 0.6 is 0 Å². The van der Waals surface area contributed by atoms with Gasteiger partial charge < -0.3 is 9.47 Å². The Balaban J connectivity index is 1.19. The second kappa shape index (κ2) is 12.1. The van der Waals surface area contributed by atoms with Crippen molar-refractivity contribution in [2.75, 3.05) is 37.9 Å². The number of ether oxygens (including phenoxy) is 2. The quantitative estimate of drug-likeness (QED) is 0.110. The SMILES string of the molecule is O=C1c2ccccc2C(F)C(=O)N1CCOCCOCC(=O)N(c1ccc(F)cn1)c1ccc([N+](=O)[O-])c2nonc12. The third-order valence-electron chi connectivity index (χ3n) is 6.25. The summed E-state index contributed by atoms with van der Waals surface area (Å²) >= 11 is 0. The molecule has 2 aromatic carbocycles. The predicted octanol–water partition coefficient (Wildman–Crippen LogP) is 3.06. The van der Waals surface area contributed by atoms with Gasteiger partial charge in [0.2, 0.25) is 11.7 Å². The molecule has 16 heteroatoms. The predicted molar refractivity (Wildman–Crippen MR) is 138 cm³/mol. The number of hydrogen-bond donors (Lipinski definition) is 0. The largest absolute Gasteiger partial charge is 0.377 e. The molecule has 1 aliphatic rings. The topological polar surface area (TPSA) is 171 Å². The van der Waals surface area contributed by atoms with Gasteiger partial charge in [-0.25, -0.2) is 18.4 Å². The van der Waals surface area contributed by atoms with Crippen molar-refractivity contribution in [2.45, 2.75) is 6.17 Å². The third kappa shape index (κ3) is 5.52. The van der Waals surface area contributed by atoms with Crippen LogP contribution in [0, 0.1) is 15.9 Å². The molecule has 14 nitrogen and oxygen atoms in total. The van der Waals surface area contributed by atoms with Crippen LogP contribution in [-0.2, 0) is 19.1 Å². The van der Waals surface area contributed by atoms with Crippen molar-refractivity contribution >= 4 is 45.9 Å². The summed E-state index contributed by atoms with van der Waals surface area (Å²) in [5.41, 5.74) is -0.543. The molecule has 216 valence electrons. The number of benzene rings is 2. The number of fused-ring (bicyclic) bond motifs is 2. The van der Waals surface area contributed by atoms with Gasteiger partial charge in [0.15, 0.2) is 5.52 Å². The Labute approximate surface area is 234 Å². The minimum atomic E-state index is -1.95. The lowest BCUT2D eigenvalue weighted by atomic mass is 9.97. The van der Waals surface area contributed by atoms with E-state index in [1.807, 2.05) is 0 Å². The van der Waals surface area contributed by atoms with E-state index in [0.717, 1.165) is 28.1 Å². The fourth-order valence-corrected chi connectivity index (χ4v) is 4.29. The first kappa shape index (κ1) is 28.3. The maximum atomic E-state index is 14.5. The molecule has 0 fully saturated rings. The number of alkyl halides is 1. The van der Waals surface area contributed by atoms with Crippen LogP contribution in [0.25, 0.3) is 11.0 Å². The number of carbonyl (C=O) groups excluding carboxylic acids is 3. The average molecular weight is 582 g/mol. The molecule has 4 aromatic rings. The highest BCUT2D eigenvalue weighted by Crippen LogP contribution is 2.34. The van der Waals surface area contributed by atoms with E-state index in [9.17, 15) is 33.3 Å². The molecule has 1 aliphatic heterocycles. The van der Waals surface area contributed by atoms with E-state index in [4.69, 9.17) is 9.47 Å². The van der Waals surface area contributed by atoms with Gasteiger partial charge in [-0.2, -0.15) is 0 Å². The number of aromatic nitrogens is 3. The molecule has 0 spiro atoms. The molecule has 3 heterocycles. The Morgan fingerprint density at radius 3 is 2.57 bits per heavy atom. The number of nitrogens with zero attached hydrogens (tertiary/aromatic N) is 6. The number of amides is 3. The number of pyridine rings is 1. The summed E-state index contributed by atoms with van der Waals surface area (Å²) in [7, 11) is 0. The number of hydrogen-bond acceptors (Lipinski definition) is 11. The first-order valence-corrected chi connectivity index (χ1v) is 12.4. The lowest BCUT2D eigenvalue weighted by molar-refractivity contribution is -0.383. The summed E-state index contributed by atoms with van der Waals surface area (Å²) in [5, 5.41) is 18.6. The number of rotatable bonds is 11. The number of non-ortho nitro benzene ring substituents is 1. The Hall–Kier alpha value is -5.22. The molecule has 0 bridgehead atoms. The number of nitro benzene ring substituents is 1. The molecule has 2 aromatic heterocycles. The van der Waals surface area contributed by atoms with Crippen LogP contribution in [0.1, 0.15) is 22.1 Å². The molecule has 1 unspecified atom stereocenters. The fourth-order valence-electron chi connectivity index (χ4n) is 4.29. The number of halogens is 2. The second-order valence-electron chi connectivity index (χ2n) is 8.80. The minimum absolute atomic E-state index is 0.0250. The number of carbonyl (C=O) groups is 3. The van der Waals surface area contributed by atoms with E-state index in [2.05, 4.69) is 19.9 Å². The molecule has 0 saturated heterocycles. The van der Waals surface area contributed by atoms with E-state index >= 15 is 0 Å². The Bertz CT molecular complexity index is 1660. The van der Waals surface area contributed by atoms with Crippen molar-refractivity contribution in [1.82, 2.24) is 20.2 Å². The minimum Gasteiger partial charge on any atom is -0.377 e. The van der Waals surface area contributed by atoms with Crippen molar-refractivity contribution in [3.8, 4) is 0 Å². The second-order valence-corrected chi connectivity index (χ2v) is 8.80. The molecular formula is C26H20F2N6O8. The van der Waals surface area contributed by atoms with Gasteiger partial charge >= 0.3 is 5.69 Å². The summed E-state index contributed by atoms with van der Waals surface area (Å²) in [5.74, 6) is -2.96. The van der Waals surface area contributed by atoms with Crippen LogP contribution in [0.4, 0.5) is 26.0 Å². The zero-order chi connectivity index (χ0) is 29.8. The van der Waals surface area contributed by atoms with Crippen molar-refractivity contribution in [3.63, 3.8) is 0 Å². The highest BCUT2D eigenvalue weighted by Gasteiger charge is 2.38. The molecule has 0 saturated carbocycles. The first-order chi connectivity index (χ1) is 20.3. The van der Waals surface area contributed by atoms with Gasteiger partial charge in [0.1, 0.15) is 18.2 Å². The van der Waals surface area contributed by atoms with E-state index < -0.39 is 46.9 Å². The standard InChI is InChI=1S/C26H20F2N6O8/c27-15-5-8-20(29-13-15)33(18-6-7-19(34(38)39)24-23(18)30-42-31-24)21(35)14-41-12-11-40-10-9-32-25(36)17-4-2-1-3-16(17)22(28)26(32)37/h1-8,13,22H,9-12,14H2. The van der Waals surface area contributed by atoms with Gasteiger partial charge in [-0.15, -0.1) is 0 Å². The zero-order valence-electron chi connectivity index (χ0n) is 21.5. The zero-order valence-corrected chi connectivity index (χ0v) is 21.5. The lowest BCUT2D eigenvalue weighted by Gasteiger charge is -2.28. The third-order valence-corrected chi connectivity index (χ3v) is 6.25. The molecular weight excluding hydrogens is 562 g/mol. The summed E-state index contributed by atoms with van der Waals surface area (Å²) in [6.45, 7) is -0.931. The van der Waals surface area contributed by atoms with E-state index in [0.29, 0.717) is 0 Å². The van der Waals surface area contributed by atoms with Crippen molar-refractivity contribution in [2.24, 2.45) is 0 Å². The van der Waals surface area contributed by atoms with Gasteiger partial charge in [-0.05, 0) is 34.6 Å². The molecule has 3 amide bonds. The van der Waals surface area contributed by atoms with Crippen LogP contribution in [0.15, 0.2) is 59.4 Å². The average Bonchev–Trinajstić information content (AvgIpc) is 3.48. The van der Waals surface area contributed by atoms with Crippen LogP contribution < -0.4 is 4.90 Å². The van der Waals surface area contributed by atoms with E-state index in [-0.39, 0.29) is 60.0 Å². The highest BCUT2D eigenvalue weighted by molar-refractivity contribution is 6.11. The van der Waals surface area contributed by atoms with Crippen LogP contribution in [0.2, 0.25) is 0 Å². The van der Waals surface area contributed by atoms with E-state index in [1.54, 1.807) is 12.1 Å². The highest BCUT2D eigenvalue weighted by atomic mass is 19.1. The maximum absolute atomic E-state index is 14.5. The van der Waals surface area contributed by atoms with E-state index in [1.165, 1.54) is 24.3 Å². The number of nitro groups is 1. The normalized spacial score (nSPS) is 14.7. The first-order valence-electron chi connectivity index (χ1n) is 12.4. The Morgan fingerprint density at radius 2 is 1.81 bits per heavy atom. The van der Waals surface area contributed by atoms with Gasteiger partial charge in [0.25, 0.3) is 17.7 Å². The smallest absolute Gasteiger partial charge is 0.300 e. The van der Waals surface area contributed by atoms with Gasteiger partial charge in [-0.3, -0.25) is 34.3 Å².